The summed E-state index contributed by atoms with van der Waals surface area (Å²) in [5.74, 6) is -0.00832. The molecule has 7 heteroatoms. The summed E-state index contributed by atoms with van der Waals surface area (Å²) in [6.45, 7) is 5.50. The fraction of sp³-hybridized carbons (Fsp3) is 0.571. The number of rotatable bonds is 5. The first-order valence-electron chi connectivity index (χ1n) is 10.1. The molecule has 28 heavy (non-hydrogen) atoms. The van der Waals surface area contributed by atoms with Gasteiger partial charge in [-0.3, -0.25) is 14.4 Å². The highest BCUT2D eigenvalue weighted by atomic mass is 16.5. The first-order valence-corrected chi connectivity index (χ1v) is 10.1. The number of ether oxygens (including phenoxy) is 1. The third kappa shape index (κ3) is 4.64. The second-order valence-corrected chi connectivity index (χ2v) is 8.01. The number of carbonyl (C=O) groups is 3. The van der Waals surface area contributed by atoms with Crippen molar-refractivity contribution in [3.05, 3.63) is 18.2 Å². The maximum Gasteiger partial charge on any atom is 0.265 e. The maximum absolute atomic E-state index is 12.8. The van der Waals surface area contributed by atoms with Crippen molar-refractivity contribution in [2.24, 2.45) is 11.8 Å². The average molecular weight is 387 g/mol. The second-order valence-electron chi connectivity index (χ2n) is 8.01. The van der Waals surface area contributed by atoms with Gasteiger partial charge in [0.1, 0.15) is 11.8 Å². The smallest absolute Gasteiger partial charge is 0.265 e. The van der Waals surface area contributed by atoms with Gasteiger partial charge >= 0.3 is 0 Å². The summed E-state index contributed by atoms with van der Waals surface area (Å²) >= 11 is 0. The van der Waals surface area contributed by atoms with E-state index in [1.807, 2.05) is 13.8 Å². The topological polar surface area (TPSA) is 96.5 Å². The lowest BCUT2D eigenvalue weighted by atomic mass is 9.88. The highest BCUT2D eigenvalue weighted by Gasteiger charge is 2.29. The van der Waals surface area contributed by atoms with Gasteiger partial charge in [0.05, 0.1) is 5.69 Å². The molecule has 2 aliphatic rings. The number of hydrogen-bond acceptors (Lipinski definition) is 4. The molecule has 0 bridgehead atoms. The monoisotopic (exact) mass is 387 g/mol. The lowest BCUT2D eigenvalue weighted by Gasteiger charge is -2.27. The van der Waals surface area contributed by atoms with Crippen molar-refractivity contribution in [1.82, 2.24) is 5.32 Å². The van der Waals surface area contributed by atoms with Crippen LogP contribution in [-0.2, 0) is 14.4 Å². The van der Waals surface area contributed by atoms with Gasteiger partial charge in [-0.25, -0.2) is 0 Å². The molecule has 7 nitrogen and oxygen atoms in total. The number of amides is 3. The number of fused-ring (bicyclic) bond motifs is 1. The molecule has 1 aromatic carbocycles. The summed E-state index contributed by atoms with van der Waals surface area (Å²) < 4.78 is 5.53. The summed E-state index contributed by atoms with van der Waals surface area (Å²) in [5, 5.41) is 8.55. The van der Waals surface area contributed by atoms with E-state index in [2.05, 4.69) is 16.0 Å². The molecule has 0 saturated heterocycles. The fourth-order valence-electron chi connectivity index (χ4n) is 3.68. The molecule has 1 aliphatic carbocycles. The Labute approximate surface area is 165 Å². The largest absolute Gasteiger partial charge is 0.479 e. The minimum absolute atomic E-state index is 0.000829. The average Bonchev–Trinajstić information content (AvgIpc) is 2.67. The highest BCUT2D eigenvalue weighted by molar-refractivity contribution is 6.00. The van der Waals surface area contributed by atoms with Gasteiger partial charge in [-0.15, -0.1) is 0 Å². The first kappa shape index (κ1) is 20.2. The zero-order chi connectivity index (χ0) is 20.3. The van der Waals surface area contributed by atoms with Crippen LogP contribution in [-0.4, -0.2) is 29.9 Å². The molecule has 3 N–H and O–H groups in total. The van der Waals surface area contributed by atoms with Gasteiger partial charge in [0, 0.05) is 11.6 Å². The predicted molar refractivity (Wildman–Crippen MR) is 107 cm³/mol. The summed E-state index contributed by atoms with van der Waals surface area (Å²) in [6, 6.07) is 4.49. The van der Waals surface area contributed by atoms with E-state index < -0.39 is 12.1 Å². The Morgan fingerprint density at radius 3 is 2.57 bits per heavy atom. The molecule has 0 aromatic heterocycles. The van der Waals surface area contributed by atoms with E-state index in [0.29, 0.717) is 17.1 Å². The van der Waals surface area contributed by atoms with Gasteiger partial charge in [-0.1, -0.05) is 33.1 Å². The van der Waals surface area contributed by atoms with Crippen LogP contribution < -0.4 is 20.7 Å². The van der Waals surface area contributed by atoms with E-state index in [4.69, 9.17) is 4.74 Å². The van der Waals surface area contributed by atoms with Crippen LogP contribution in [0.1, 0.15) is 52.9 Å². The number of anilines is 2. The van der Waals surface area contributed by atoms with Crippen molar-refractivity contribution in [1.29, 1.82) is 0 Å². The van der Waals surface area contributed by atoms with Crippen molar-refractivity contribution < 1.29 is 19.1 Å². The molecule has 1 aromatic rings. The second kappa shape index (κ2) is 8.63. The van der Waals surface area contributed by atoms with Gasteiger partial charge < -0.3 is 20.7 Å². The lowest BCUT2D eigenvalue weighted by molar-refractivity contribution is -0.130. The van der Waals surface area contributed by atoms with Crippen molar-refractivity contribution in [3.8, 4) is 5.75 Å². The van der Waals surface area contributed by atoms with Crippen LogP contribution in [0.3, 0.4) is 0 Å². The molecule has 152 valence electrons. The Kier molecular flexibility index (Phi) is 6.21. The minimum atomic E-state index is -0.615. The summed E-state index contributed by atoms with van der Waals surface area (Å²) in [5.41, 5.74) is 1.06. The molecule has 0 radical (unpaired) electrons. The maximum atomic E-state index is 12.8. The van der Waals surface area contributed by atoms with E-state index in [1.54, 1.807) is 25.1 Å². The van der Waals surface area contributed by atoms with Crippen LogP contribution in [0.25, 0.3) is 0 Å². The number of carbonyl (C=O) groups excluding carboxylic acids is 3. The van der Waals surface area contributed by atoms with E-state index in [9.17, 15) is 14.4 Å². The van der Waals surface area contributed by atoms with Crippen LogP contribution >= 0.6 is 0 Å². The van der Waals surface area contributed by atoms with E-state index in [1.165, 1.54) is 6.42 Å². The fourth-order valence-corrected chi connectivity index (χ4v) is 3.68. The molecule has 1 saturated carbocycles. The van der Waals surface area contributed by atoms with Crippen molar-refractivity contribution in [3.63, 3.8) is 0 Å². The van der Waals surface area contributed by atoms with Crippen molar-refractivity contribution in [2.75, 3.05) is 10.6 Å². The first-order chi connectivity index (χ1) is 13.3. The Balaban J connectivity index is 1.66. The normalized spacial score (nSPS) is 20.6. The molecular formula is C21H29N3O4. The minimum Gasteiger partial charge on any atom is -0.479 e. The predicted octanol–water partition coefficient (Wildman–Crippen LogP) is 3.07. The van der Waals surface area contributed by atoms with Crippen LogP contribution in [0.5, 0.6) is 5.75 Å². The third-order valence-electron chi connectivity index (χ3n) is 5.40. The highest BCUT2D eigenvalue weighted by Crippen LogP contribution is 2.32. The summed E-state index contributed by atoms with van der Waals surface area (Å²) in [7, 11) is 0. The Hall–Kier alpha value is -2.57. The quantitative estimate of drug-likeness (QED) is 0.723. The summed E-state index contributed by atoms with van der Waals surface area (Å²) in [6.07, 6.45) is 4.54. The number of benzene rings is 1. The van der Waals surface area contributed by atoms with Crippen LogP contribution in [0.2, 0.25) is 0 Å². The number of nitrogens with one attached hydrogen (secondary N) is 3. The van der Waals surface area contributed by atoms with E-state index in [-0.39, 0.29) is 29.6 Å². The zero-order valence-corrected chi connectivity index (χ0v) is 16.7. The van der Waals surface area contributed by atoms with Crippen molar-refractivity contribution in [2.45, 2.75) is 65.0 Å². The molecule has 1 aliphatic heterocycles. The summed E-state index contributed by atoms with van der Waals surface area (Å²) in [4.78, 5) is 37.2. The zero-order valence-electron chi connectivity index (χ0n) is 16.7. The van der Waals surface area contributed by atoms with E-state index in [0.717, 1.165) is 25.7 Å². The molecule has 2 unspecified atom stereocenters. The van der Waals surface area contributed by atoms with Gasteiger partial charge in [0.2, 0.25) is 11.8 Å². The number of hydrogen-bond donors (Lipinski definition) is 3. The molecule has 3 amide bonds. The van der Waals surface area contributed by atoms with Crippen molar-refractivity contribution >= 4 is 29.1 Å². The molecule has 3 rings (SSSR count). The SMILES string of the molecule is CC1Oc2ccc(NC(=O)C(NC(=O)C3CCCCC3)C(C)C)cc2NC1=O. The molecule has 0 spiro atoms. The lowest BCUT2D eigenvalue weighted by Crippen LogP contribution is -2.49. The van der Waals surface area contributed by atoms with Crippen LogP contribution in [0.15, 0.2) is 18.2 Å². The molecule has 1 heterocycles. The molecule has 1 fully saturated rings. The standard InChI is InChI=1S/C21H29N3O4/c1-12(2)18(24-20(26)14-7-5-4-6-8-14)21(27)22-15-9-10-17-16(11-15)23-19(25)13(3)28-17/h9-14,18H,4-8H2,1-3H3,(H,22,27)(H,23,25)(H,24,26). The Morgan fingerprint density at radius 1 is 1.18 bits per heavy atom. The van der Waals surface area contributed by atoms with Gasteiger partial charge in [-0.2, -0.15) is 0 Å². The van der Waals surface area contributed by atoms with Crippen LogP contribution in [0.4, 0.5) is 11.4 Å². The van der Waals surface area contributed by atoms with E-state index >= 15 is 0 Å². The Morgan fingerprint density at radius 2 is 1.89 bits per heavy atom. The molecule has 2 atom stereocenters. The van der Waals surface area contributed by atoms with Crippen LogP contribution in [0, 0.1) is 11.8 Å². The van der Waals surface area contributed by atoms with Gasteiger partial charge in [0.15, 0.2) is 6.10 Å². The van der Waals surface area contributed by atoms with Gasteiger partial charge in [0.25, 0.3) is 5.91 Å². The molecular weight excluding hydrogens is 358 g/mol. The Bertz CT molecular complexity index is 756. The third-order valence-corrected chi connectivity index (χ3v) is 5.40. The van der Waals surface area contributed by atoms with Gasteiger partial charge in [-0.05, 0) is 43.9 Å².